The Kier molecular flexibility index (Phi) is 5.30. The Balaban J connectivity index is 1.61. The van der Waals surface area contributed by atoms with E-state index in [9.17, 15) is 0 Å². The molecule has 17 heavy (non-hydrogen) atoms. The normalized spacial score (nSPS) is 26.5. The number of hydrogen-bond acceptors (Lipinski definition) is 2. The highest BCUT2D eigenvalue weighted by Crippen LogP contribution is 2.27. The van der Waals surface area contributed by atoms with E-state index >= 15 is 0 Å². The predicted molar refractivity (Wildman–Crippen MR) is 74.3 cm³/mol. The van der Waals surface area contributed by atoms with Gasteiger partial charge in [0.25, 0.3) is 0 Å². The summed E-state index contributed by atoms with van der Waals surface area (Å²) in [6.45, 7) is 9.81. The number of hydrogen-bond donors (Lipinski definition) is 1. The molecule has 1 N–H and O–H groups in total. The van der Waals surface area contributed by atoms with Crippen LogP contribution in [0.4, 0.5) is 0 Å². The minimum atomic E-state index is 0.752. The first-order valence-electron chi connectivity index (χ1n) is 7.75. The molecule has 1 saturated heterocycles. The van der Waals surface area contributed by atoms with Crippen LogP contribution in [0.1, 0.15) is 52.4 Å². The summed E-state index contributed by atoms with van der Waals surface area (Å²) in [6.07, 6.45) is 8.65. The van der Waals surface area contributed by atoms with Gasteiger partial charge in [0.15, 0.2) is 0 Å². The summed E-state index contributed by atoms with van der Waals surface area (Å²) in [5, 5.41) is 3.81. The van der Waals surface area contributed by atoms with E-state index in [1.165, 1.54) is 64.7 Å². The van der Waals surface area contributed by atoms with Crippen LogP contribution in [-0.2, 0) is 0 Å². The maximum atomic E-state index is 3.81. The second kappa shape index (κ2) is 6.75. The summed E-state index contributed by atoms with van der Waals surface area (Å²) in [7, 11) is 0. The predicted octanol–water partition coefficient (Wildman–Crippen LogP) is 2.89. The Morgan fingerprint density at radius 3 is 2.35 bits per heavy atom. The average Bonchev–Trinajstić information content (AvgIpc) is 2.90. The summed E-state index contributed by atoms with van der Waals surface area (Å²) >= 11 is 0. The molecule has 1 heterocycles. The summed E-state index contributed by atoms with van der Waals surface area (Å²) in [5.74, 6) is 1.90. The van der Waals surface area contributed by atoms with Crippen molar-refractivity contribution in [3.63, 3.8) is 0 Å². The highest BCUT2D eigenvalue weighted by Gasteiger charge is 2.23. The molecule has 1 atom stereocenters. The molecular formula is C15H30N2. The zero-order valence-electron chi connectivity index (χ0n) is 11.8. The molecule has 0 radical (unpaired) electrons. The molecule has 0 spiro atoms. The van der Waals surface area contributed by atoms with E-state index in [4.69, 9.17) is 0 Å². The third-order valence-corrected chi connectivity index (χ3v) is 4.99. The van der Waals surface area contributed by atoms with Crippen LogP contribution in [0.2, 0.25) is 0 Å². The zero-order chi connectivity index (χ0) is 12.1. The Morgan fingerprint density at radius 2 is 1.76 bits per heavy atom. The number of nitrogens with zero attached hydrogens (tertiary/aromatic N) is 1. The van der Waals surface area contributed by atoms with Crippen LogP contribution in [0.15, 0.2) is 0 Å². The number of likely N-dealkylation sites (tertiary alicyclic amines) is 1. The fourth-order valence-electron chi connectivity index (χ4n) is 3.48. The third kappa shape index (κ3) is 3.96. The smallest absolute Gasteiger partial charge is 0.00671 e. The summed E-state index contributed by atoms with van der Waals surface area (Å²) < 4.78 is 0. The lowest BCUT2D eigenvalue weighted by Crippen LogP contribution is -2.40. The van der Waals surface area contributed by atoms with Gasteiger partial charge in [-0.05, 0) is 70.6 Å². The van der Waals surface area contributed by atoms with Crippen molar-refractivity contribution >= 4 is 0 Å². The Bertz CT molecular complexity index is 203. The van der Waals surface area contributed by atoms with Gasteiger partial charge >= 0.3 is 0 Å². The van der Waals surface area contributed by atoms with E-state index in [-0.39, 0.29) is 0 Å². The summed E-state index contributed by atoms with van der Waals surface area (Å²) in [4.78, 5) is 2.58. The van der Waals surface area contributed by atoms with Gasteiger partial charge in [-0.3, -0.25) is 0 Å². The molecule has 2 nitrogen and oxygen atoms in total. The monoisotopic (exact) mass is 238 g/mol. The molecule has 1 unspecified atom stereocenters. The van der Waals surface area contributed by atoms with Crippen LogP contribution in [0.5, 0.6) is 0 Å². The summed E-state index contributed by atoms with van der Waals surface area (Å²) in [6, 6.07) is 0.752. The van der Waals surface area contributed by atoms with E-state index in [1.54, 1.807) is 0 Å². The highest BCUT2D eigenvalue weighted by molar-refractivity contribution is 4.80. The first-order valence-corrected chi connectivity index (χ1v) is 7.75. The fourth-order valence-corrected chi connectivity index (χ4v) is 3.48. The fraction of sp³-hybridized carbons (Fsp3) is 1.00. The van der Waals surface area contributed by atoms with E-state index in [1.807, 2.05) is 0 Å². The van der Waals surface area contributed by atoms with Crippen LogP contribution in [0.3, 0.4) is 0 Å². The summed E-state index contributed by atoms with van der Waals surface area (Å²) in [5.41, 5.74) is 0. The van der Waals surface area contributed by atoms with Gasteiger partial charge in [0.2, 0.25) is 0 Å². The number of nitrogens with one attached hydrogen (secondary N) is 1. The molecule has 1 saturated carbocycles. The number of piperidine rings is 1. The van der Waals surface area contributed by atoms with Crippen molar-refractivity contribution in [2.45, 2.75) is 58.4 Å². The molecule has 0 aromatic heterocycles. The molecule has 0 aromatic rings. The van der Waals surface area contributed by atoms with Gasteiger partial charge in [0.05, 0.1) is 0 Å². The SMILES string of the molecule is CCN1CCC(CNC(C)C2CCCC2)CC1. The second-order valence-corrected chi connectivity index (χ2v) is 6.12. The van der Waals surface area contributed by atoms with Crippen molar-refractivity contribution in [3.8, 4) is 0 Å². The molecule has 0 aromatic carbocycles. The van der Waals surface area contributed by atoms with Crippen LogP contribution in [0, 0.1) is 11.8 Å². The minimum Gasteiger partial charge on any atom is -0.314 e. The van der Waals surface area contributed by atoms with Gasteiger partial charge < -0.3 is 10.2 Å². The van der Waals surface area contributed by atoms with Gasteiger partial charge in [0.1, 0.15) is 0 Å². The molecule has 0 amide bonds. The second-order valence-electron chi connectivity index (χ2n) is 6.12. The van der Waals surface area contributed by atoms with Crippen LogP contribution in [-0.4, -0.2) is 37.1 Å². The Hall–Kier alpha value is -0.0800. The maximum Gasteiger partial charge on any atom is 0.00671 e. The van der Waals surface area contributed by atoms with Gasteiger partial charge in [-0.2, -0.15) is 0 Å². The lowest BCUT2D eigenvalue weighted by atomic mass is 9.94. The molecule has 1 aliphatic heterocycles. The molecule has 2 aliphatic rings. The first-order chi connectivity index (χ1) is 8.29. The lowest BCUT2D eigenvalue weighted by molar-refractivity contribution is 0.185. The molecular weight excluding hydrogens is 208 g/mol. The molecule has 2 rings (SSSR count). The molecule has 1 aliphatic carbocycles. The standard InChI is InChI=1S/C15H30N2/c1-3-17-10-8-14(9-11-17)12-16-13(2)15-6-4-5-7-15/h13-16H,3-12H2,1-2H3. The van der Waals surface area contributed by atoms with Crippen molar-refractivity contribution in [2.24, 2.45) is 11.8 Å². The van der Waals surface area contributed by atoms with Crippen LogP contribution >= 0.6 is 0 Å². The minimum absolute atomic E-state index is 0.752. The van der Waals surface area contributed by atoms with E-state index < -0.39 is 0 Å². The molecule has 2 fully saturated rings. The number of rotatable bonds is 5. The van der Waals surface area contributed by atoms with Crippen molar-refractivity contribution in [1.82, 2.24) is 10.2 Å². The Morgan fingerprint density at radius 1 is 1.12 bits per heavy atom. The van der Waals surface area contributed by atoms with E-state index in [0.717, 1.165) is 17.9 Å². The lowest BCUT2D eigenvalue weighted by Gasteiger charge is -2.32. The molecule has 0 bridgehead atoms. The van der Waals surface area contributed by atoms with Crippen LogP contribution in [0.25, 0.3) is 0 Å². The van der Waals surface area contributed by atoms with Crippen molar-refractivity contribution in [3.05, 3.63) is 0 Å². The molecule has 100 valence electrons. The van der Waals surface area contributed by atoms with Gasteiger partial charge in [-0.15, -0.1) is 0 Å². The Labute approximate surface area is 107 Å². The quantitative estimate of drug-likeness (QED) is 0.792. The van der Waals surface area contributed by atoms with Crippen molar-refractivity contribution in [1.29, 1.82) is 0 Å². The zero-order valence-corrected chi connectivity index (χ0v) is 11.8. The van der Waals surface area contributed by atoms with Crippen LogP contribution < -0.4 is 5.32 Å². The van der Waals surface area contributed by atoms with Crippen molar-refractivity contribution in [2.75, 3.05) is 26.2 Å². The largest absolute Gasteiger partial charge is 0.314 e. The third-order valence-electron chi connectivity index (χ3n) is 4.99. The molecule has 2 heteroatoms. The average molecular weight is 238 g/mol. The van der Waals surface area contributed by atoms with Gasteiger partial charge in [-0.1, -0.05) is 19.8 Å². The van der Waals surface area contributed by atoms with E-state index in [0.29, 0.717) is 0 Å². The van der Waals surface area contributed by atoms with Gasteiger partial charge in [-0.25, -0.2) is 0 Å². The van der Waals surface area contributed by atoms with Gasteiger partial charge in [0, 0.05) is 6.04 Å². The topological polar surface area (TPSA) is 15.3 Å². The maximum absolute atomic E-state index is 3.81. The highest BCUT2D eigenvalue weighted by atomic mass is 15.1. The van der Waals surface area contributed by atoms with E-state index in [2.05, 4.69) is 24.1 Å². The van der Waals surface area contributed by atoms with Crippen molar-refractivity contribution < 1.29 is 0 Å². The first kappa shape index (κ1) is 13.4.